The van der Waals surface area contributed by atoms with Crippen molar-refractivity contribution >= 4 is 34.4 Å². The van der Waals surface area contributed by atoms with Crippen LogP contribution in [0.4, 0.5) is 0 Å². The lowest BCUT2D eigenvalue weighted by molar-refractivity contribution is -0.214. The van der Waals surface area contributed by atoms with E-state index in [-0.39, 0.29) is 5.75 Å². The van der Waals surface area contributed by atoms with Crippen LogP contribution < -0.4 is 4.89 Å². The maximum atomic E-state index is 11.4. The maximum absolute atomic E-state index is 11.4. The van der Waals surface area contributed by atoms with Crippen molar-refractivity contribution in [2.24, 2.45) is 0 Å². The first kappa shape index (κ1) is 16.0. The third-order valence-electron chi connectivity index (χ3n) is 2.93. The van der Waals surface area contributed by atoms with Gasteiger partial charge in [0.05, 0.1) is 12.1 Å². The van der Waals surface area contributed by atoms with Gasteiger partial charge in [0.2, 0.25) is 5.75 Å². The lowest BCUT2D eigenvalue weighted by atomic mass is 10.1. The standard InChI is InChI=1S/C15H14ClNO5/c1-3-9-4-5-10-11(16)6-7-12(15(10)17-9)21-22-14(19)8-13(18)20-2/h4-7H,3,8H2,1-2H3. The van der Waals surface area contributed by atoms with E-state index in [4.69, 9.17) is 16.5 Å². The molecule has 0 fully saturated rings. The summed E-state index contributed by atoms with van der Waals surface area (Å²) >= 11 is 6.11. The van der Waals surface area contributed by atoms with Gasteiger partial charge in [-0.25, -0.2) is 14.7 Å². The molecule has 22 heavy (non-hydrogen) atoms. The molecule has 2 aromatic rings. The molecule has 0 saturated heterocycles. The van der Waals surface area contributed by atoms with E-state index in [0.29, 0.717) is 15.9 Å². The lowest BCUT2D eigenvalue weighted by Gasteiger charge is -2.08. The highest BCUT2D eigenvalue weighted by molar-refractivity contribution is 6.35. The van der Waals surface area contributed by atoms with Crippen LogP contribution in [0, 0.1) is 0 Å². The second kappa shape index (κ2) is 7.09. The molecule has 1 heterocycles. The molecule has 7 heteroatoms. The third-order valence-corrected chi connectivity index (χ3v) is 3.26. The van der Waals surface area contributed by atoms with Gasteiger partial charge in [-0.05, 0) is 30.7 Å². The minimum atomic E-state index is -0.860. The van der Waals surface area contributed by atoms with Gasteiger partial charge < -0.3 is 4.74 Å². The van der Waals surface area contributed by atoms with E-state index >= 15 is 0 Å². The van der Waals surface area contributed by atoms with Crippen molar-refractivity contribution in [3.05, 3.63) is 35.0 Å². The summed E-state index contributed by atoms with van der Waals surface area (Å²) in [6.07, 6.45) is 0.208. The molecule has 6 nitrogen and oxygen atoms in total. The van der Waals surface area contributed by atoms with E-state index in [1.54, 1.807) is 12.1 Å². The molecule has 116 valence electrons. The Hall–Kier alpha value is -2.34. The molecule has 0 N–H and O–H groups in total. The molecule has 1 aromatic carbocycles. The number of aromatic nitrogens is 1. The summed E-state index contributed by atoms with van der Waals surface area (Å²) in [6, 6.07) is 6.84. The van der Waals surface area contributed by atoms with Crippen LogP contribution in [0.2, 0.25) is 5.02 Å². The van der Waals surface area contributed by atoms with Crippen molar-refractivity contribution in [2.45, 2.75) is 19.8 Å². The highest BCUT2D eigenvalue weighted by Crippen LogP contribution is 2.30. The highest BCUT2D eigenvalue weighted by atomic mass is 35.5. The van der Waals surface area contributed by atoms with Crippen LogP contribution >= 0.6 is 11.6 Å². The maximum Gasteiger partial charge on any atom is 0.366 e. The van der Waals surface area contributed by atoms with E-state index in [0.717, 1.165) is 12.1 Å². The van der Waals surface area contributed by atoms with Gasteiger partial charge >= 0.3 is 11.9 Å². The molecule has 0 unspecified atom stereocenters. The fourth-order valence-corrected chi connectivity index (χ4v) is 1.99. The van der Waals surface area contributed by atoms with E-state index < -0.39 is 18.4 Å². The number of pyridine rings is 1. The van der Waals surface area contributed by atoms with Gasteiger partial charge in [0, 0.05) is 11.1 Å². The molecule has 0 amide bonds. The Balaban J connectivity index is 2.22. The average molecular weight is 324 g/mol. The Bertz CT molecular complexity index is 716. The second-order valence-corrected chi connectivity index (χ2v) is 4.80. The number of rotatable bonds is 5. The zero-order valence-electron chi connectivity index (χ0n) is 12.1. The number of aryl methyl sites for hydroxylation is 1. The molecule has 1 aromatic heterocycles. The molecule has 2 rings (SSSR count). The minimum Gasteiger partial charge on any atom is -0.469 e. The molecule has 0 aliphatic rings. The molecule has 0 bridgehead atoms. The average Bonchev–Trinajstić information content (AvgIpc) is 2.53. The SMILES string of the molecule is CCc1ccc2c(Cl)ccc(OOC(=O)CC(=O)OC)c2n1. The molecule has 0 aliphatic heterocycles. The van der Waals surface area contributed by atoms with Crippen molar-refractivity contribution in [3.63, 3.8) is 0 Å². The summed E-state index contributed by atoms with van der Waals surface area (Å²) in [5.74, 6) is -1.32. The van der Waals surface area contributed by atoms with Crippen molar-refractivity contribution < 1.29 is 24.1 Å². The smallest absolute Gasteiger partial charge is 0.366 e. The first-order valence-corrected chi connectivity index (χ1v) is 6.95. The number of halogens is 1. The van der Waals surface area contributed by atoms with Crippen LogP contribution in [0.1, 0.15) is 19.0 Å². The quantitative estimate of drug-likeness (QED) is 0.364. The summed E-state index contributed by atoms with van der Waals surface area (Å²) in [7, 11) is 1.18. The predicted molar refractivity (Wildman–Crippen MR) is 79.5 cm³/mol. The van der Waals surface area contributed by atoms with Crippen LogP contribution in [-0.2, 0) is 25.6 Å². The van der Waals surface area contributed by atoms with Gasteiger partial charge in [0.25, 0.3) is 0 Å². The predicted octanol–water partition coefficient (Wildman–Crippen LogP) is 2.85. The monoisotopic (exact) mass is 323 g/mol. The number of hydrogen-bond acceptors (Lipinski definition) is 6. The number of methoxy groups -OCH3 is 1. The zero-order chi connectivity index (χ0) is 16.1. The van der Waals surface area contributed by atoms with Crippen LogP contribution in [0.5, 0.6) is 5.75 Å². The number of ether oxygens (including phenoxy) is 1. The Labute approximate surface area is 131 Å². The number of fused-ring (bicyclic) bond motifs is 1. The summed E-state index contributed by atoms with van der Waals surface area (Å²) in [4.78, 5) is 36.4. The number of carbonyl (C=O) groups is 2. The topological polar surface area (TPSA) is 74.7 Å². The minimum absolute atomic E-state index is 0.243. The van der Waals surface area contributed by atoms with Gasteiger partial charge in [-0.15, -0.1) is 0 Å². The molecule has 0 atom stereocenters. The molecule has 0 spiro atoms. The molecule has 0 radical (unpaired) electrons. The van der Waals surface area contributed by atoms with Gasteiger partial charge in [-0.2, -0.15) is 0 Å². The first-order chi connectivity index (χ1) is 10.5. The van der Waals surface area contributed by atoms with Crippen LogP contribution in [0.15, 0.2) is 24.3 Å². The van der Waals surface area contributed by atoms with Gasteiger partial charge in [-0.3, -0.25) is 9.68 Å². The normalized spacial score (nSPS) is 10.3. The second-order valence-electron chi connectivity index (χ2n) is 4.39. The van der Waals surface area contributed by atoms with Gasteiger partial charge in [0.15, 0.2) is 0 Å². The number of esters is 1. The fourth-order valence-electron chi connectivity index (χ4n) is 1.77. The molecular weight excluding hydrogens is 310 g/mol. The van der Waals surface area contributed by atoms with Crippen molar-refractivity contribution in [3.8, 4) is 5.75 Å². The highest BCUT2D eigenvalue weighted by Gasteiger charge is 2.15. The Morgan fingerprint density at radius 1 is 1.18 bits per heavy atom. The number of nitrogens with zero attached hydrogens (tertiary/aromatic N) is 1. The van der Waals surface area contributed by atoms with Crippen molar-refractivity contribution in [1.82, 2.24) is 4.98 Å². The molecular formula is C15H14ClNO5. The number of benzene rings is 1. The van der Waals surface area contributed by atoms with E-state index in [1.807, 2.05) is 19.1 Å². The summed E-state index contributed by atoms with van der Waals surface area (Å²) in [5.41, 5.74) is 1.33. The summed E-state index contributed by atoms with van der Waals surface area (Å²) in [5, 5.41) is 1.19. The lowest BCUT2D eigenvalue weighted by Crippen LogP contribution is -2.14. The van der Waals surface area contributed by atoms with Gasteiger partial charge in [0.1, 0.15) is 11.9 Å². The van der Waals surface area contributed by atoms with Crippen LogP contribution in [0.3, 0.4) is 0 Å². The van der Waals surface area contributed by atoms with Crippen molar-refractivity contribution in [1.29, 1.82) is 0 Å². The third kappa shape index (κ3) is 3.65. The zero-order valence-corrected chi connectivity index (χ0v) is 12.8. The van der Waals surface area contributed by atoms with E-state index in [1.165, 1.54) is 7.11 Å². The summed E-state index contributed by atoms with van der Waals surface area (Å²) in [6.45, 7) is 1.97. The number of hydrogen-bond donors (Lipinski definition) is 0. The Morgan fingerprint density at radius 3 is 2.64 bits per heavy atom. The van der Waals surface area contributed by atoms with Crippen LogP contribution in [0.25, 0.3) is 10.9 Å². The Morgan fingerprint density at radius 2 is 1.95 bits per heavy atom. The Kier molecular flexibility index (Phi) is 5.16. The summed E-state index contributed by atoms with van der Waals surface area (Å²) < 4.78 is 4.36. The molecule has 0 saturated carbocycles. The first-order valence-electron chi connectivity index (χ1n) is 6.57. The van der Waals surface area contributed by atoms with E-state index in [2.05, 4.69) is 14.6 Å². The molecule has 0 aliphatic carbocycles. The van der Waals surface area contributed by atoms with Gasteiger partial charge in [-0.1, -0.05) is 18.5 Å². The fraction of sp³-hybridized carbons (Fsp3) is 0.267. The van der Waals surface area contributed by atoms with Crippen molar-refractivity contribution in [2.75, 3.05) is 7.11 Å². The largest absolute Gasteiger partial charge is 0.469 e. The number of carbonyl (C=O) groups excluding carboxylic acids is 2. The van der Waals surface area contributed by atoms with E-state index in [9.17, 15) is 9.59 Å². The van der Waals surface area contributed by atoms with Crippen LogP contribution in [-0.4, -0.2) is 24.0 Å².